The topological polar surface area (TPSA) is 0 Å². The van der Waals surface area contributed by atoms with Gasteiger partial charge < -0.3 is 0 Å². The van der Waals surface area contributed by atoms with E-state index in [1.807, 2.05) is 0 Å². The van der Waals surface area contributed by atoms with E-state index in [4.69, 9.17) is 0 Å². The van der Waals surface area contributed by atoms with Crippen LogP contribution >= 0.6 is 0 Å². The maximum atomic E-state index is 2.43. The summed E-state index contributed by atoms with van der Waals surface area (Å²) in [6, 6.07) is 9.47. The average molecular weight is 276 g/mol. The Kier molecular flexibility index (Phi) is 4.10. The monoisotopic (exact) mass is 274 g/mol. The summed E-state index contributed by atoms with van der Waals surface area (Å²) in [5.74, 6) is 0. The molecule has 0 aromatic heterocycles. The summed E-state index contributed by atoms with van der Waals surface area (Å²) < 4.78 is 3.30. The van der Waals surface area contributed by atoms with E-state index < -0.39 is 32.4 Å². The molecule has 0 bridgehead atoms. The molecule has 0 aliphatic rings. The maximum absolute atomic E-state index is 2.43. The number of hydrogen-bond donors (Lipinski definition) is 0. The van der Waals surface area contributed by atoms with E-state index in [9.17, 15) is 0 Å². The Morgan fingerprint density at radius 1 is 0.667 bits per heavy atom. The van der Waals surface area contributed by atoms with Gasteiger partial charge in [-0.05, 0) is 0 Å². The molecule has 1 aromatic carbocycles. The number of benzene rings is 1. The first kappa shape index (κ1) is 10.6. The van der Waals surface area contributed by atoms with E-state index >= 15 is 0 Å². The van der Waals surface area contributed by atoms with Crippen LogP contribution in [0.4, 0.5) is 0 Å². The van der Waals surface area contributed by atoms with E-state index in [2.05, 4.69) is 46.2 Å². The van der Waals surface area contributed by atoms with Gasteiger partial charge in [-0.15, -0.1) is 0 Å². The Hall–Kier alpha value is 0.493. The molecule has 0 atom stereocenters. The van der Waals surface area contributed by atoms with Crippen LogP contribution in [0.2, 0.25) is 21.9 Å². The fourth-order valence-corrected chi connectivity index (χ4v) is 5.30. The first-order chi connectivity index (χ1) is 5.61. The average Bonchev–Trinajstić information content (AvgIpc) is 2.04. The zero-order chi connectivity index (χ0) is 9.14. The van der Waals surface area contributed by atoms with Gasteiger partial charge in [-0.25, -0.2) is 0 Å². The van der Waals surface area contributed by atoms with Crippen molar-refractivity contribution >= 4 is 40.7 Å². The molecule has 12 heavy (non-hydrogen) atoms. The van der Waals surface area contributed by atoms with E-state index in [0.717, 1.165) is 0 Å². The van der Waals surface area contributed by atoms with Gasteiger partial charge in [0.15, 0.2) is 0 Å². The van der Waals surface area contributed by atoms with Gasteiger partial charge in [-0.2, -0.15) is 0 Å². The van der Waals surface area contributed by atoms with Crippen molar-refractivity contribution in [2.45, 2.75) is 21.9 Å². The van der Waals surface area contributed by atoms with Crippen molar-refractivity contribution in [1.82, 2.24) is 0 Å². The molecule has 0 amide bonds. The van der Waals surface area contributed by atoms with Crippen LogP contribution in [0.5, 0.6) is 0 Å². The van der Waals surface area contributed by atoms with Crippen molar-refractivity contribution in [1.29, 1.82) is 0 Å². The summed E-state index contributed by atoms with van der Waals surface area (Å²) in [5.41, 5.74) is 9.72. The van der Waals surface area contributed by atoms with Gasteiger partial charge in [-0.1, -0.05) is 0 Å². The summed E-state index contributed by atoms with van der Waals surface area (Å²) >= 11 is -1.98. The summed E-state index contributed by atoms with van der Waals surface area (Å²) in [7, 11) is 0. The molecule has 0 N–H and O–H groups in total. The molecule has 1 aromatic rings. The third-order valence-electron chi connectivity index (χ3n) is 2.27. The van der Waals surface area contributed by atoms with Crippen molar-refractivity contribution in [3.63, 3.8) is 0 Å². The van der Waals surface area contributed by atoms with Crippen LogP contribution in [0.3, 0.4) is 0 Å². The van der Waals surface area contributed by atoms with E-state index in [-0.39, 0.29) is 0 Å². The van der Waals surface area contributed by atoms with Crippen molar-refractivity contribution in [2.75, 3.05) is 0 Å². The minimum absolute atomic E-state index is 0.989. The predicted molar refractivity (Wildman–Crippen MR) is 60.7 cm³/mol. The Labute approximate surface area is 86.4 Å². The van der Waals surface area contributed by atoms with Gasteiger partial charge in [0.25, 0.3) is 0 Å². The van der Waals surface area contributed by atoms with Crippen LogP contribution < -0.4 is 8.24 Å². The fraction of sp³-hybridized carbons (Fsp3) is 0.400. The molecule has 1 rings (SSSR count). The standard InChI is InChI=1S/C6H4.4CH3.2Ga/c1-2-4-6-5-3-1;;;;;;/h1-2,5-6H;4*1H3;;. The Morgan fingerprint density at radius 3 is 1.08 bits per heavy atom. The number of rotatable bonds is 2. The summed E-state index contributed by atoms with van der Waals surface area (Å²) in [6.45, 7) is 0. The molecule has 0 saturated heterocycles. The predicted octanol–water partition coefficient (Wildman–Crippen LogP) is 1.61. The first-order valence-electron chi connectivity index (χ1n) is 4.71. The van der Waals surface area contributed by atoms with Crippen molar-refractivity contribution in [2.24, 2.45) is 0 Å². The molecular formula is C10H16Ga2. The van der Waals surface area contributed by atoms with Gasteiger partial charge >= 0.3 is 86.8 Å². The minimum atomic E-state index is -0.989. The van der Waals surface area contributed by atoms with Gasteiger partial charge in [0.2, 0.25) is 0 Å². The second-order valence-corrected chi connectivity index (χ2v) is 16.5. The van der Waals surface area contributed by atoms with Crippen LogP contribution in [-0.2, 0) is 0 Å². The molecule has 0 heterocycles. The van der Waals surface area contributed by atoms with Gasteiger partial charge in [0.1, 0.15) is 0 Å². The van der Waals surface area contributed by atoms with Crippen LogP contribution in [0, 0.1) is 0 Å². The summed E-state index contributed by atoms with van der Waals surface area (Å²) in [5, 5.41) is 0. The van der Waals surface area contributed by atoms with Crippen molar-refractivity contribution < 1.29 is 0 Å². The molecule has 0 spiro atoms. The summed E-state index contributed by atoms with van der Waals surface area (Å²) in [4.78, 5) is 0. The first-order valence-corrected chi connectivity index (χ1v) is 16.8. The third kappa shape index (κ3) is 2.76. The molecule has 62 valence electrons. The molecule has 0 aliphatic heterocycles. The zero-order valence-corrected chi connectivity index (χ0v) is 13.3. The molecule has 0 unspecified atom stereocenters. The van der Waals surface area contributed by atoms with E-state index in [1.165, 1.54) is 0 Å². The Morgan fingerprint density at radius 2 is 0.917 bits per heavy atom. The second-order valence-electron chi connectivity index (χ2n) is 3.98. The van der Waals surface area contributed by atoms with Crippen LogP contribution in [0.1, 0.15) is 0 Å². The molecule has 0 radical (unpaired) electrons. The zero-order valence-electron chi connectivity index (χ0n) is 8.46. The van der Waals surface area contributed by atoms with Gasteiger partial charge in [-0.3, -0.25) is 0 Å². The second kappa shape index (κ2) is 4.65. The molecule has 0 fully saturated rings. The fourth-order valence-electron chi connectivity index (χ4n) is 1.27. The molecule has 0 saturated carbocycles. The van der Waals surface area contributed by atoms with Gasteiger partial charge in [0, 0.05) is 0 Å². The molecular weight excluding hydrogens is 260 g/mol. The SMILES string of the molecule is [CH3][Ga]([CH3])[c]1cc[c]([Ga]([CH3])[CH3])cc1. The normalized spacial score (nSPS) is 9.67. The third-order valence-corrected chi connectivity index (χ3v) is 9.48. The van der Waals surface area contributed by atoms with E-state index in [1.54, 1.807) is 8.24 Å². The molecule has 2 heteroatoms. The molecule has 0 aliphatic carbocycles. The quantitative estimate of drug-likeness (QED) is 0.720. The van der Waals surface area contributed by atoms with Crippen LogP contribution in [0.25, 0.3) is 0 Å². The van der Waals surface area contributed by atoms with Crippen LogP contribution in [0.15, 0.2) is 24.3 Å². The van der Waals surface area contributed by atoms with E-state index in [0.29, 0.717) is 0 Å². The van der Waals surface area contributed by atoms with Crippen molar-refractivity contribution in [3.05, 3.63) is 24.3 Å². The molecule has 0 nitrogen and oxygen atoms in total. The van der Waals surface area contributed by atoms with Crippen LogP contribution in [-0.4, -0.2) is 32.4 Å². The Balaban J connectivity index is 2.86. The number of hydrogen-bond acceptors (Lipinski definition) is 0. The summed E-state index contributed by atoms with van der Waals surface area (Å²) in [6.07, 6.45) is 0. The Bertz CT molecular complexity index is 210. The van der Waals surface area contributed by atoms with Crippen molar-refractivity contribution in [3.8, 4) is 0 Å². The van der Waals surface area contributed by atoms with Gasteiger partial charge in [0.05, 0.1) is 0 Å².